The second-order valence-corrected chi connectivity index (χ2v) is 7.70. The average molecular weight is 394 g/mol. The van der Waals surface area contributed by atoms with Crippen LogP contribution in [0.15, 0.2) is 51.5 Å². The van der Waals surface area contributed by atoms with E-state index in [1.807, 2.05) is 29.6 Å². The minimum absolute atomic E-state index is 0.498. The standard InChI is InChI=1S/C18H14N6OS2/c1-2-24-12-7-4-3-6-11(12)15-17(24)20-18(22-21-15)27-10-14-19-16(23-25-14)13-8-5-9-26-13/h3-9H,2,10H2,1H3. The molecule has 134 valence electrons. The van der Waals surface area contributed by atoms with Crippen LogP contribution in [-0.4, -0.2) is 29.9 Å². The molecule has 9 heteroatoms. The molecular weight excluding hydrogens is 380 g/mol. The number of benzene rings is 1. The molecule has 27 heavy (non-hydrogen) atoms. The zero-order valence-electron chi connectivity index (χ0n) is 14.4. The number of hydrogen-bond donors (Lipinski definition) is 0. The lowest BCUT2D eigenvalue weighted by Gasteiger charge is -2.02. The van der Waals surface area contributed by atoms with Gasteiger partial charge in [-0.15, -0.1) is 21.5 Å². The van der Waals surface area contributed by atoms with E-state index >= 15 is 0 Å². The van der Waals surface area contributed by atoms with Crippen LogP contribution in [0.2, 0.25) is 0 Å². The molecule has 0 amide bonds. The van der Waals surface area contributed by atoms with E-state index in [1.165, 1.54) is 11.8 Å². The highest BCUT2D eigenvalue weighted by atomic mass is 32.2. The molecular formula is C18H14N6OS2. The topological polar surface area (TPSA) is 82.5 Å². The molecule has 0 saturated heterocycles. The number of para-hydroxylation sites is 1. The van der Waals surface area contributed by atoms with Crippen molar-refractivity contribution in [2.24, 2.45) is 0 Å². The third-order valence-electron chi connectivity index (χ3n) is 4.21. The SMILES string of the molecule is CCn1c2ccccc2c2nnc(SCc3nc(-c4cccs4)no3)nc21. The Kier molecular flexibility index (Phi) is 4.10. The summed E-state index contributed by atoms with van der Waals surface area (Å²) in [6.45, 7) is 2.92. The monoisotopic (exact) mass is 394 g/mol. The molecule has 1 aromatic carbocycles. The van der Waals surface area contributed by atoms with Crippen molar-refractivity contribution in [3.63, 3.8) is 0 Å². The van der Waals surface area contributed by atoms with Crippen LogP contribution in [0.1, 0.15) is 12.8 Å². The molecule has 0 aliphatic heterocycles. The molecule has 0 aliphatic carbocycles. The van der Waals surface area contributed by atoms with Crippen molar-refractivity contribution < 1.29 is 4.52 Å². The lowest BCUT2D eigenvalue weighted by molar-refractivity contribution is 0.391. The molecule has 0 saturated carbocycles. The molecule has 0 atom stereocenters. The van der Waals surface area contributed by atoms with Crippen LogP contribution in [0, 0.1) is 0 Å². The molecule has 0 unspecified atom stereocenters. The highest BCUT2D eigenvalue weighted by Crippen LogP contribution is 2.28. The van der Waals surface area contributed by atoms with Gasteiger partial charge in [0.25, 0.3) is 0 Å². The van der Waals surface area contributed by atoms with Crippen molar-refractivity contribution in [1.82, 2.24) is 29.9 Å². The summed E-state index contributed by atoms with van der Waals surface area (Å²) < 4.78 is 7.49. The van der Waals surface area contributed by atoms with E-state index in [0.717, 1.165) is 33.5 Å². The molecule has 4 heterocycles. The van der Waals surface area contributed by atoms with Crippen LogP contribution >= 0.6 is 23.1 Å². The summed E-state index contributed by atoms with van der Waals surface area (Å²) >= 11 is 3.02. The minimum atomic E-state index is 0.498. The van der Waals surface area contributed by atoms with E-state index in [1.54, 1.807) is 11.3 Å². The van der Waals surface area contributed by atoms with Crippen molar-refractivity contribution in [2.45, 2.75) is 24.4 Å². The number of hydrogen-bond acceptors (Lipinski definition) is 8. The number of thiophene rings is 1. The Morgan fingerprint density at radius 2 is 2.04 bits per heavy atom. The summed E-state index contributed by atoms with van der Waals surface area (Å²) in [7, 11) is 0. The van der Waals surface area contributed by atoms with Gasteiger partial charge in [-0.3, -0.25) is 0 Å². The van der Waals surface area contributed by atoms with E-state index in [2.05, 4.69) is 44.0 Å². The highest BCUT2D eigenvalue weighted by molar-refractivity contribution is 7.98. The Morgan fingerprint density at radius 1 is 1.11 bits per heavy atom. The number of rotatable bonds is 5. The van der Waals surface area contributed by atoms with Crippen molar-refractivity contribution >= 4 is 45.2 Å². The van der Waals surface area contributed by atoms with Gasteiger partial charge in [0.2, 0.25) is 16.9 Å². The van der Waals surface area contributed by atoms with Crippen molar-refractivity contribution in [3.05, 3.63) is 47.7 Å². The Morgan fingerprint density at radius 3 is 2.89 bits per heavy atom. The maximum absolute atomic E-state index is 5.33. The van der Waals surface area contributed by atoms with E-state index in [9.17, 15) is 0 Å². The molecule has 0 fully saturated rings. The molecule has 0 aliphatic rings. The third kappa shape index (κ3) is 2.88. The van der Waals surface area contributed by atoms with Crippen LogP contribution < -0.4 is 0 Å². The van der Waals surface area contributed by atoms with Gasteiger partial charge >= 0.3 is 0 Å². The van der Waals surface area contributed by atoms with Crippen LogP contribution in [0.5, 0.6) is 0 Å². The zero-order valence-corrected chi connectivity index (χ0v) is 16.0. The first-order valence-corrected chi connectivity index (χ1v) is 10.3. The van der Waals surface area contributed by atoms with Crippen LogP contribution in [-0.2, 0) is 12.3 Å². The molecule has 5 aromatic rings. The van der Waals surface area contributed by atoms with Gasteiger partial charge in [0.1, 0.15) is 5.52 Å². The molecule has 4 aromatic heterocycles. The third-order valence-corrected chi connectivity index (χ3v) is 5.89. The second-order valence-electron chi connectivity index (χ2n) is 5.81. The second kappa shape index (κ2) is 6.75. The zero-order chi connectivity index (χ0) is 18.2. The average Bonchev–Trinajstić information content (AvgIpc) is 3.44. The van der Waals surface area contributed by atoms with E-state index in [0.29, 0.717) is 22.6 Å². The lowest BCUT2D eigenvalue weighted by atomic mass is 10.2. The van der Waals surface area contributed by atoms with Gasteiger partial charge in [0, 0.05) is 11.9 Å². The Hall–Kier alpha value is -2.78. The van der Waals surface area contributed by atoms with E-state index in [-0.39, 0.29) is 0 Å². The van der Waals surface area contributed by atoms with Gasteiger partial charge < -0.3 is 9.09 Å². The number of nitrogens with zero attached hydrogens (tertiary/aromatic N) is 6. The van der Waals surface area contributed by atoms with Gasteiger partial charge in [-0.05, 0) is 24.4 Å². The predicted octanol–water partition coefficient (Wildman–Crippen LogP) is 4.40. The first kappa shape index (κ1) is 16.4. The summed E-state index contributed by atoms with van der Waals surface area (Å²) in [4.78, 5) is 10.1. The largest absolute Gasteiger partial charge is 0.338 e. The molecule has 0 radical (unpaired) electrons. The number of aryl methyl sites for hydroxylation is 1. The Bertz CT molecular complexity index is 1230. The smallest absolute Gasteiger partial charge is 0.237 e. The van der Waals surface area contributed by atoms with Crippen molar-refractivity contribution in [3.8, 4) is 10.7 Å². The summed E-state index contributed by atoms with van der Waals surface area (Å²) in [5, 5.41) is 16.4. The maximum Gasteiger partial charge on any atom is 0.237 e. The maximum atomic E-state index is 5.33. The fraction of sp³-hybridized carbons (Fsp3) is 0.167. The van der Waals surface area contributed by atoms with Crippen molar-refractivity contribution in [2.75, 3.05) is 0 Å². The summed E-state index contributed by atoms with van der Waals surface area (Å²) in [6.07, 6.45) is 0. The lowest BCUT2D eigenvalue weighted by Crippen LogP contribution is -1.98. The van der Waals surface area contributed by atoms with Gasteiger partial charge in [0.05, 0.1) is 16.1 Å². The summed E-state index contributed by atoms with van der Waals surface area (Å²) in [5.74, 6) is 1.65. The molecule has 5 rings (SSSR count). The van der Waals surface area contributed by atoms with Crippen LogP contribution in [0.25, 0.3) is 32.8 Å². The van der Waals surface area contributed by atoms with E-state index in [4.69, 9.17) is 9.51 Å². The van der Waals surface area contributed by atoms with Gasteiger partial charge in [0.15, 0.2) is 5.65 Å². The normalized spacial score (nSPS) is 11.6. The first-order chi connectivity index (χ1) is 13.3. The molecule has 0 N–H and O–H groups in total. The number of thioether (sulfide) groups is 1. The predicted molar refractivity (Wildman–Crippen MR) is 106 cm³/mol. The fourth-order valence-electron chi connectivity index (χ4n) is 3.02. The van der Waals surface area contributed by atoms with Gasteiger partial charge in [-0.1, -0.05) is 41.2 Å². The Labute approximate surface area is 162 Å². The molecule has 0 spiro atoms. The summed E-state index contributed by atoms with van der Waals surface area (Å²) in [6, 6.07) is 12.1. The first-order valence-electron chi connectivity index (χ1n) is 8.44. The Balaban J connectivity index is 1.43. The van der Waals surface area contributed by atoms with Gasteiger partial charge in [-0.25, -0.2) is 4.98 Å². The quantitative estimate of drug-likeness (QED) is 0.409. The minimum Gasteiger partial charge on any atom is -0.338 e. The highest BCUT2D eigenvalue weighted by Gasteiger charge is 2.15. The number of aromatic nitrogens is 6. The summed E-state index contributed by atoms with van der Waals surface area (Å²) in [5.41, 5.74) is 2.80. The molecule has 7 nitrogen and oxygen atoms in total. The molecule has 0 bridgehead atoms. The van der Waals surface area contributed by atoms with Crippen LogP contribution in [0.3, 0.4) is 0 Å². The van der Waals surface area contributed by atoms with Gasteiger partial charge in [-0.2, -0.15) is 4.98 Å². The van der Waals surface area contributed by atoms with E-state index < -0.39 is 0 Å². The fourth-order valence-corrected chi connectivity index (χ4v) is 4.28. The van der Waals surface area contributed by atoms with Crippen molar-refractivity contribution in [1.29, 1.82) is 0 Å². The van der Waals surface area contributed by atoms with Crippen LogP contribution in [0.4, 0.5) is 0 Å². The number of fused-ring (bicyclic) bond motifs is 3.